The fourth-order valence-corrected chi connectivity index (χ4v) is 9.81. The van der Waals surface area contributed by atoms with Crippen LogP contribution in [0.5, 0.6) is 34.8 Å². The van der Waals surface area contributed by atoms with E-state index in [1.54, 1.807) is 68.4 Å². The summed E-state index contributed by atoms with van der Waals surface area (Å²) in [5, 5.41) is 18.7. The lowest BCUT2D eigenvalue weighted by atomic mass is 9.77. The smallest absolute Gasteiger partial charge is 0.303 e. The highest BCUT2D eigenvalue weighted by Crippen LogP contribution is 2.39. The number of hydrogen-bond acceptors (Lipinski definition) is 17. The number of rotatable bonds is 22. The number of ether oxygens (including phenoxy) is 5. The molecule has 2 aliphatic rings. The molecular formula is C59H59Cl2N7O12. The number of aryl methyl sites for hydroxylation is 4. The second-order valence-electron chi connectivity index (χ2n) is 20.2. The van der Waals surface area contributed by atoms with Crippen molar-refractivity contribution in [1.82, 2.24) is 35.1 Å². The van der Waals surface area contributed by atoms with E-state index in [2.05, 4.69) is 30.2 Å². The molecule has 2 saturated heterocycles. The Bertz CT molecular complexity index is 3550. The van der Waals surface area contributed by atoms with Crippen LogP contribution in [0.2, 0.25) is 10.0 Å². The maximum Gasteiger partial charge on any atom is 0.303 e. The standard InChI is InChI=1S/C33H35ClN4O6.C26H24ClN3O6/c1-21-12-27-29(17-30(21)42-11-3-4-31(40)38-9-7-33(8-10-38)18-41-19-33)35-20-36-32(27)43-26-6-5-23(28(34)16-26)14-25(39)15-24-13-22(2)44-37-24;1-15-8-21-23(13-24(15)34-7-3-4-25(32)33)28-14-29-26(21)35-20-6-5-17(22(27)12-20)10-19(31)11-18-9-16(2)36-30-18/h5-6,12-13,16-17,20H,3-4,7-11,14-15,18-19H2,1-2H3;5-6,8-9,12-14H,3-4,7,10-11H2,1-2H3,(H,32,33). The molecule has 0 radical (unpaired) electrons. The molecule has 19 nitrogen and oxygen atoms in total. The van der Waals surface area contributed by atoms with Crippen molar-refractivity contribution in [3.05, 3.63) is 141 Å². The molecule has 2 aliphatic heterocycles. The van der Waals surface area contributed by atoms with Crippen molar-refractivity contribution in [1.29, 1.82) is 0 Å². The van der Waals surface area contributed by atoms with Crippen molar-refractivity contribution < 1.29 is 57.0 Å². The van der Waals surface area contributed by atoms with Crippen molar-refractivity contribution in [2.24, 2.45) is 5.41 Å². The average Bonchev–Trinajstić information content (AvgIpc) is 4.09. The van der Waals surface area contributed by atoms with Crippen LogP contribution in [0, 0.1) is 33.1 Å². The van der Waals surface area contributed by atoms with Crippen LogP contribution < -0.4 is 18.9 Å². The minimum atomic E-state index is -0.857. The average molecular weight is 1130 g/mol. The van der Waals surface area contributed by atoms with E-state index < -0.39 is 5.97 Å². The van der Waals surface area contributed by atoms with E-state index in [9.17, 15) is 19.2 Å². The van der Waals surface area contributed by atoms with Gasteiger partial charge in [-0.2, -0.15) is 0 Å². The fourth-order valence-electron chi connectivity index (χ4n) is 9.34. The van der Waals surface area contributed by atoms with Crippen LogP contribution in [0.25, 0.3) is 21.8 Å². The van der Waals surface area contributed by atoms with E-state index in [-0.39, 0.29) is 49.6 Å². The summed E-state index contributed by atoms with van der Waals surface area (Å²) in [7, 11) is 0. The fraction of sp³-hybridized carbons (Fsp3) is 0.356. The van der Waals surface area contributed by atoms with E-state index in [1.807, 2.05) is 36.9 Å². The topological polar surface area (TPSA) is 242 Å². The Labute approximate surface area is 470 Å². The molecule has 0 aliphatic carbocycles. The molecule has 8 aromatic rings. The van der Waals surface area contributed by atoms with Gasteiger partial charge in [0, 0.05) is 78.5 Å². The zero-order valence-corrected chi connectivity index (χ0v) is 46.2. The number of fused-ring (bicyclic) bond motifs is 2. The molecule has 6 heterocycles. The van der Waals surface area contributed by atoms with Crippen LogP contribution >= 0.6 is 23.2 Å². The molecule has 1 spiro atoms. The summed E-state index contributed by atoms with van der Waals surface area (Å²) in [5.41, 5.74) is 5.93. The Balaban J connectivity index is 0.000000198. The summed E-state index contributed by atoms with van der Waals surface area (Å²) in [6.07, 6.45) is 7.14. The van der Waals surface area contributed by atoms with Gasteiger partial charge in [-0.15, -0.1) is 0 Å². The maximum absolute atomic E-state index is 12.7. The third-order valence-corrected chi connectivity index (χ3v) is 14.4. The molecule has 80 heavy (non-hydrogen) atoms. The number of halogens is 2. The molecule has 1 N–H and O–H groups in total. The van der Waals surface area contributed by atoms with Crippen molar-refractivity contribution >= 4 is 68.5 Å². The van der Waals surface area contributed by atoms with Crippen molar-refractivity contribution in [2.45, 2.75) is 91.9 Å². The van der Waals surface area contributed by atoms with Crippen molar-refractivity contribution in [2.75, 3.05) is 39.5 Å². The molecule has 21 heteroatoms. The number of nitrogens with zero attached hydrogens (tertiary/aromatic N) is 7. The lowest BCUT2D eigenvalue weighted by Crippen LogP contribution is -2.52. The van der Waals surface area contributed by atoms with Crippen LogP contribution in [-0.4, -0.2) is 103 Å². The minimum Gasteiger partial charge on any atom is -0.493 e. The Hall–Kier alpha value is -8.00. The van der Waals surface area contributed by atoms with Crippen molar-refractivity contribution in [3.63, 3.8) is 0 Å². The molecule has 4 aromatic carbocycles. The number of piperidine rings is 1. The first kappa shape index (κ1) is 56.7. The molecule has 416 valence electrons. The minimum absolute atomic E-state index is 0.0182. The zero-order chi connectivity index (χ0) is 56.3. The monoisotopic (exact) mass is 1130 g/mol. The number of Topliss-reactive ketones (excluding diaryl/α,β-unsaturated/α-hetero) is 2. The Morgan fingerprint density at radius 3 is 1.50 bits per heavy atom. The van der Waals surface area contributed by atoms with E-state index in [1.165, 1.54) is 12.7 Å². The third kappa shape index (κ3) is 14.8. The van der Waals surface area contributed by atoms with Gasteiger partial charge in [-0.05, 0) is 112 Å². The van der Waals surface area contributed by atoms with Crippen LogP contribution in [0.4, 0.5) is 0 Å². The zero-order valence-electron chi connectivity index (χ0n) is 44.7. The number of hydrogen-bond donors (Lipinski definition) is 1. The van der Waals surface area contributed by atoms with E-state index in [0.717, 1.165) is 55.7 Å². The van der Waals surface area contributed by atoms with Gasteiger partial charge < -0.3 is 42.7 Å². The predicted molar refractivity (Wildman–Crippen MR) is 295 cm³/mol. The number of carbonyl (C=O) groups excluding carboxylic acids is 3. The molecule has 0 unspecified atom stereocenters. The second-order valence-corrected chi connectivity index (χ2v) is 21.0. The number of aromatic nitrogens is 6. The van der Waals surface area contributed by atoms with Crippen LogP contribution in [0.3, 0.4) is 0 Å². The van der Waals surface area contributed by atoms with Gasteiger partial charge in [0.1, 0.15) is 58.7 Å². The summed E-state index contributed by atoms with van der Waals surface area (Å²) in [6, 6.07) is 21.3. The number of carboxylic acids is 1. The summed E-state index contributed by atoms with van der Waals surface area (Å²) in [5.74, 6) is 3.62. The SMILES string of the molecule is Cc1cc(CC(=O)Cc2ccc(Oc3ncnc4cc(OCCCC(=O)N5CCC6(CC5)COC6)c(C)cc34)cc2Cl)no1.Cc1cc(CC(=O)Cc2ccc(Oc3ncnc4cc(OCCCC(=O)O)c(C)cc34)cc2Cl)no1. The molecular weight excluding hydrogens is 1070 g/mol. The number of aliphatic carboxylic acids is 1. The first-order chi connectivity index (χ1) is 38.5. The van der Waals surface area contributed by atoms with E-state index >= 15 is 0 Å². The highest BCUT2D eigenvalue weighted by molar-refractivity contribution is 6.32. The van der Waals surface area contributed by atoms with Gasteiger partial charge in [-0.1, -0.05) is 45.6 Å². The summed E-state index contributed by atoms with van der Waals surface area (Å²) < 4.78 is 39.3. The molecule has 4 aromatic heterocycles. The molecule has 0 bridgehead atoms. The lowest BCUT2D eigenvalue weighted by Gasteiger charge is -2.47. The Morgan fingerprint density at radius 2 is 1.09 bits per heavy atom. The van der Waals surface area contributed by atoms with Gasteiger partial charge in [0.25, 0.3) is 0 Å². The molecule has 0 atom stereocenters. The number of amides is 1. The third-order valence-electron chi connectivity index (χ3n) is 13.7. The number of likely N-dealkylation sites (tertiary alicyclic amines) is 1. The van der Waals surface area contributed by atoms with Crippen LogP contribution in [0.15, 0.2) is 94.5 Å². The van der Waals surface area contributed by atoms with E-state index in [0.29, 0.717) is 133 Å². The molecule has 10 rings (SSSR count). The van der Waals surface area contributed by atoms with Crippen LogP contribution in [-0.2, 0) is 49.6 Å². The van der Waals surface area contributed by atoms with Gasteiger partial charge in [0.05, 0.1) is 72.5 Å². The summed E-state index contributed by atoms with van der Waals surface area (Å²) >= 11 is 12.9. The first-order valence-corrected chi connectivity index (χ1v) is 26.9. The highest BCUT2D eigenvalue weighted by Gasteiger charge is 2.41. The van der Waals surface area contributed by atoms with E-state index in [4.69, 9.17) is 61.0 Å². The normalized spacial score (nSPS) is 13.6. The van der Waals surface area contributed by atoms with Gasteiger partial charge in [-0.3, -0.25) is 19.2 Å². The first-order valence-electron chi connectivity index (χ1n) is 26.2. The number of benzene rings is 4. The van der Waals surface area contributed by atoms with Crippen LogP contribution in [0.1, 0.15) is 83.7 Å². The number of carbonyl (C=O) groups is 4. The molecule has 1 amide bonds. The quantitative estimate of drug-likeness (QED) is 0.0620. The molecule has 2 fully saturated rings. The van der Waals surface area contributed by atoms with Crippen molar-refractivity contribution in [3.8, 4) is 34.8 Å². The largest absolute Gasteiger partial charge is 0.493 e. The number of ketones is 2. The van der Waals surface area contributed by atoms with Gasteiger partial charge in [0.15, 0.2) is 0 Å². The Morgan fingerprint density at radius 1 is 0.613 bits per heavy atom. The summed E-state index contributed by atoms with van der Waals surface area (Å²) in [6.45, 7) is 11.4. The number of carboxylic acid groups (broad SMARTS) is 1. The van der Waals surface area contributed by atoms with Gasteiger partial charge in [-0.25, -0.2) is 19.9 Å². The Kier molecular flexibility index (Phi) is 18.3. The van der Waals surface area contributed by atoms with Gasteiger partial charge in [0.2, 0.25) is 17.7 Å². The second kappa shape index (κ2) is 25.9. The molecule has 0 saturated carbocycles. The summed E-state index contributed by atoms with van der Waals surface area (Å²) in [4.78, 5) is 67.6. The predicted octanol–water partition coefficient (Wildman–Crippen LogP) is 11.1. The maximum atomic E-state index is 12.7. The lowest BCUT2D eigenvalue weighted by molar-refractivity contribution is -0.153. The van der Waals surface area contributed by atoms with Gasteiger partial charge >= 0.3 is 5.97 Å². The highest BCUT2D eigenvalue weighted by atomic mass is 35.5.